The van der Waals surface area contributed by atoms with Gasteiger partial charge in [0.25, 0.3) is 0 Å². The number of anilines is 1. The van der Waals surface area contributed by atoms with Gasteiger partial charge >= 0.3 is 6.36 Å². The number of imidazole rings is 1. The number of para-hydroxylation sites is 2. The number of rotatable bonds is 5. The maximum atomic E-state index is 12.1. The van der Waals surface area contributed by atoms with Crippen molar-refractivity contribution in [3.8, 4) is 5.75 Å². The van der Waals surface area contributed by atoms with Crippen LogP contribution in [0.5, 0.6) is 5.75 Å². The summed E-state index contributed by atoms with van der Waals surface area (Å²) in [5, 5.41) is 3.21. The Labute approximate surface area is 144 Å². The molecule has 0 fully saturated rings. The van der Waals surface area contributed by atoms with Crippen molar-refractivity contribution >= 4 is 34.4 Å². The molecule has 0 unspecified atom stereocenters. The second-order valence-electron chi connectivity index (χ2n) is 4.97. The van der Waals surface area contributed by atoms with E-state index in [4.69, 9.17) is 0 Å². The molecule has 3 rings (SSSR count). The van der Waals surface area contributed by atoms with Gasteiger partial charge in [-0.25, -0.2) is 4.98 Å². The summed E-state index contributed by atoms with van der Waals surface area (Å²) in [5.74, 6) is -0.530. The highest BCUT2D eigenvalue weighted by Crippen LogP contribution is 2.24. The van der Waals surface area contributed by atoms with Crippen LogP contribution in [0.15, 0.2) is 53.7 Å². The van der Waals surface area contributed by atoms with Gasteiger partial charge in [0.1, 0.15) is 5.75 Å². The molecule has 2 N–H and O–H groups in total. The molecule has 0 atom stereocenters. The highest BCUT2D eigenvalue weighted by atomic mass is 32.2. The summed E-state index contributed by atoms with van der Waals surface area (Å²) in [7, 11) is 0. The molecule has 0 aliphatic rings. The normalized spacial score (nSPS) is 11.5. The van der Waals surface area contributed by atoms with Crippen molar-refractivity contribution in [2.24, 2.45) is 0 Å². The number of nitrogens with zero attached hydrogens (tertiary/aromatic N) is 1. The second-order valence-corrected chi connectivity index (χ2v) is 5.93. The molecule has 0 bridgehead atoms. The average molecular weight is 367 g/mol. The minimum Gasteiger partial charge on any atom is -0.406 e. The van der Waals surface area contributed by atoms with Crippen molar-refractivity contribution in [1.82, 2.24) is 9.97 Å². The minimum atomic E-state index is -4.74. The Morgan fingerprint density at radius 3 is 2.56 bits per heavy atom. The van der Waals surface area contributed by atoms with Crippen molar-refractivity contribution in [1.29, 1.82) is 0 Å². The summed E-state index contributed by atoms with van der Waals surface area (Å²) in [6.07, 6.45) is -4.74. The van der Waals surface area contributed by atoms with Crippen LogP contribution in [-0.2, 0) is 4.79 Å². The van der Waals surface area contributed by atoms with E-state index in [1.165, 1.54) is 23.9 Å². The maximum Gasteiger partial charge on any atom is 0.573 e. The van der Waals surface area contributed by atoms with Crippen LogP contribution in [0.4, 0.5) is 18.9 Å². The molecule has 130 valence electrons. The lowest BCUT2D eigenvalue weighted by Gasteiger charge is -2.09. The lowest BCUT2D eigenvalue weighted by molar-refractivity contribution is -0.274. The van der Waals surface area contributed by atoms with Crippen LogP contribution < -0.4 is 10.1 Å². The summed E-state index contributed by atoms with van der Waals surface area (Å²) in [5.41, 5.74) is 2.07. The fourth-order valence-electron chi connectivity index (χ4n) is 2.07. The van der Waals surface area contributed by atoms with Crippen LogP contribution in [0.25, 0.3) is 11.0 Å². The number of halogens is 3. The quantitative estimate of drug-likeness (QED) is 0.664. The zero-order valence-corrected chi connectivity index (χ0v) is 13.4. The minimum absolute atomic E-state index is 0.112. The molecular weight excluding hydrogens is 355 g/mol. The number of aromatic nitrogens is 2. The van der Waals surface area contributed by atoms with E-state index in [9.17, 15) is 18.0 Å². The highest BCUT2D eigenvalue weighted by molar-refractivity contribution is 7.99. The molecule has 3 aromatic rings. The van der Waals surface area contributed by atoms with E-state index in [-0.39, 0.29) is 17.4 Å². The number of carbonyl (C=O) groups excluding carboxylic acids is 1. The number of aromatic amines is 1. The van der Waals surface area contributed by atoms with E-state index < -0.39 is 6.36 Å². The number of hydrogen-bond donors (Lipinski definition) is 2. The SMILES string of the molecule is O=C(CSc1nc2ccccc2[nH]1)Nc1ccc(OC(F)(F)F)cc1. The second kappa shape index (κ2) is 7.06. The third kappa shape index (κ3) is 4.90. The zero-order valence-electron chi connectivity index (χ0n) is 12.6. The molecule has 9 heteroatoms. The van der Waals surface area contributed by atoms with Gasteiger partial charge in [-0.3, -0.25) is 4.79 Å². The number of H-pyrrole nitrogens is 1. The van der Waals surface area contributed by atoms with Gasteiger partial charge in [0, 0.05) is 5.69 Å². The van der Waals surface area contributed by atoms with Crippen molar-refractivity contribution in [2.45, 2.75) is 11.5 Å². The predicted octanol–water partition coefficient (Wildman–Crippen LogP) is 4.19. The third-order valence-electron chi connectivity index (χ3n) is 3.08. The fourth-order valence-corrected chi connectivity index (χ4v) is 2.75. The van der Waals surface area contributed by atoms with Crippen LogP contribution in [0.2, 0.25) is 0 Å². The van der Waals surface area contributed by atoms with Gasteiger partial charge < -0.3 is 15.0 Å². The number of alkyl halides is 3. The standard InChI is InChI=1S/C16H12F3N3O2S/c17-16(18,19)24-11-7-5-10(6-8-11)20-14(23)9-25-15-21-12-3-1-2-4-13(12)22-15/h1-8H,9H2,(H,20,23)(H,21,22). The van der Waals surface area contributed by atoms with Gasteiger partial charge in [-0.15, -0.1) is 13.2 Å². The van der Waals surface area contributed by atoms with Crippen molar-refractivity contribution in [2.75, 3.05) is 11.1 Å². The molecule has 1 amide bonds. The van der Waals surface area contributed by atoms with Crippen molar-refractivity contribution in [3.05, 3.63) is 48.5 Å². The lowest BCUT2D eigenvalue weighted by atomic mass is 10.3. The Morgan fingerprint density at radius 2 is 1.88 bits per heavy atom. The Kier molecular flexibility index (Phi) is 4.84. The Hall–Kier alpha value is -2.68. The number of benzene rings is 2. The fraction of sp³-hybridized carbons (Fsp3) is 0.125. The molecule has 2 aromatic carbocycles. The van der Waals surface area contributed by atoms with Gasteiger partial charge in [0.2, 0.25) is 5.91 Å². The molecule has 1 aromatic heterocycles. The Morgan fingerprint density at radius 1 is 1.16 bits per heavy atom. The summed E-state index contributed by atoms with van der Waals surface area (Å²) in [6, 6.07) is 12.4. The predicted molar refractivity (Wildman–Crippen MR) is 88.6 cm³/mol. The van der Waals surface area contributed by atoms with E-state index in [2.05, 4.69) is 20.0 Å². The summed E-state index contributed by atoms with van der Waals surface area (Å²) in [6.45, 7) is 0. The molecule has 25 heavy (non-hydrogen) atoms. The van der Waals surface area contributed by atoms with Crippen LogP contribution in [0.1, 0.15) is 0 Å². The maximum absolute atomic E-state index is 12.1. The molecule has 1 heterocycles. The first-order valence-electron chi connectivity index (χ1n) is 7.12. The number of thioether (sulfide) groups is 1. The van der Waals surface area contributed by atoms with Crippen LogP contribution in [0.3, 0.4) is 0 Å². The van der Waals surface area contributed by atoms with Gasteiger partial charge in [-0.2, -0.15) is 0 Å². The van der Waals surface area contributed by atoms with Crippen LogP contribution in [0, 0.1) is 0 Å². The number of hydrogen-bond acceptors (Lipinski definition) is 4. The van der Waals surface area contributed by atoms with Crippen LogP contribution in [-0.4, -0.2) is 28.0 Å². The molecule has 0 aliphatic carbocycles. The summed E-state index contributed by atoms with van der Waals surface area (Å²) >= 11 is 1.23. The zero-order chi connectivity index (χ0) is 17.9. The molecule has 5 nitrogen and oxygen atoms in total. The number of fused-ring (bicyclic) bond motifs is 1. The molecule has 0 saturated heterocycles. The Balaban J connectivity index is 1.53. The largest absolute Gasteiger partial charge is 0.573 e. The molecule has 0 saturated carbocycles. The molecule has 0 aliphatic heterocycles. The molecule has 0 spiro atoms. The number of ether oxygens (including phenoxy) is 1. The third-order valence-corrected chi connectivity index (χ3v) is 3.95. The number of amides is 1. The van der Waals surface area contributed by atoms with Gasteiger partial charge in [0.05, 0.1) is 16.8 Å². The smallest absolute Gasteiger partial charge is 0.406 e. The van der Waals surface area contributed by atoms with E-state index in [1.54, 1.807) is 0 Å². The average Bonchev–Trinajstić information content (AvgIpc) is 2.96. The number of nitrogens with one attached hydrogen (secondary N) is 2. The first-order chi connectivity index (χ1) is 11.9. The van der Waals surface area contributed by atoms with E-state index in [1.807, 2.05) is 24.3 Å². The topological polar surface area (TPSA) is 67.0 Å². The first-order valence-corrected chi connectivity index (χ1v) is 8.11. The first kappa shape index (κ1) is 17.2. The lowest BCUT2D eigenvalue weighted by Crippen LogP contribution is -2.17. The van der Waals surface area contributed by atoms with Gasteiger partial charge in [-0.1, -0.05) is 23.9 Å². The van der Waals surface area contributed by atoms with Gasteiger partial charge in [-0.05, 0) is 36.4 Å². The summed E-state index contributed by atoms with van der Waals surface area (Å²) in [4.78, 5) is 19.4. The summed E-state index contributed by atoms with van der Waals surface area (Å²) < 4.78 is 40.0. The van der Waals surface area contributed by atoms with E-state index in [0.29, 0.717) is 10.8 Å². The van der Waals surface area contributed by atoms with Crippen LogP contribution >= 0.6 is 11.8 Å². The van der Waals surface area contributed by atoms with E-state index >= 15 is 0 Å². The van der Waals surface area contributed by atoms with Crippen molar-refractivity contribution in [3.63, 3.8) is 0 Å². The van der Waals surface area contributed by atoms with E-state index in [0.717, 1.165) is 23.2 Å². The molecule has 0 radical (unpaired) electrons. The number of carbonyl (C=O) groups is 1. The highest BCUT2D eigenvalue weighted by Gasteiger charge is 2.30. The van der Waals surface area contributed by atoms with Gasteiger partial charge in [0.15, 0.2) is 5.16 Å². The Bertz CT molecular complexity index is 845. The van der Waals surface area contributed by atoms with Crippen molar-refractivity contribution < 1.29 is 22.7 Å². The molecular formula is C16H12F3N3O2S. The monoisotopic (exact) mass is 367 g/mol.